The predicted molar refractivity (Wildman–Crippen MR) is 256 cm³/mol. The fraction of sp³-hybridized carbons (Fsp3) is 0.105. The van der Waals surface area contributed by atoms with Crippen LogP contribution >= 0.6 is 0 Å². The number of para-hydroxylation sites is 3. The smallest absolute Gasteiger partial charge is 0.340 e. The molecule has 6 aromatic heterocycles. The second-order valence-corrected chi connectivity index (χ2v) is 16.9. The van der Waals surface area contributed by atoms with Crippen LogP contribution in [0.3, 0.4) is 0 Å². The van der Waals surface area contributed by atoms with Crippen molar-refractivity contribution in [1.82, 2.24) is 28.2 Å². The Kier molecular flexibility index (Phi) is 9.36. The van der Waals surface area contributed by atoms with Crippen molar-refractivity contribution in [3.05, 3.63) is 216 Å². The molecule has 0 radical (unpaired) electrons. The van der Waals surface area contributed by atoms with Gasteiger partial charge in [0.15, 0.2) is 0 Å². The molecule has 0 bridgehead atoms. The first-order valence-electron chi connectivity index (χ1n) is 21.9. The maximum Gasteiger partial charge on any atom is 3.00 e. The molecule has 7 heteroatoms. The van der Waals surface area contributed by atoms with Crippen LogP contribution in [0.25, 0.3) is 82.0 Å². The number of pyridine rings is 3. The Morgan fingerprint density at radius 3 is 0.969 bits per heavy atom. The molecular formula is C57H39IrN6. The molecule has 0 fully saturated rings. The Labute approximate surface area is 382 Å². The summed E-state index contributed by atoms with van der Waals surface area (Å²) in [5.74, 6) is 0. The number of aromatic nitrogens is 6. The molecule has 0 saturated heterocycles. The van der Waals surface area contributed by atoms with Crippen molar-refractivity contribution in [3.8, 4) is 0 Å². The van der Waals surface area contributed by atoms with E-state index in [1.54, 1.807) is 0 Å². The van der Waals surface area contributed by atoms with Crippen molar-refractivity contribution >= 4 is 82.0 Å². The van der Waals surface area contributed by atoms with Gasteiger partial charge in [0.1, 0.15) is 0 Å². The van der Waals surface area contributed by atoms with Gasteiger partial charge >= 0.3 is 20.1 Å². The van der Waals surface area contributed by atoms with Gasteiger partial charge in [-0.1, -0.05) is 89.0 Å². The van der Waals surface area contributed by atoms with Gasteiger partial charge in [0.2, 0.25) is 0 Å². The van der Waals surface area contributed by atoms with Crippen molar-refractivity contribution in [1.29, 1.82) is 0 Å². The largest absolute Gasteiger partial charge is 3.00 e. The van der Waals surface area contributed by atoms with Gasteiger partial charge in [-0.2, -0.15) is 0 Å². The van der Waals surface area contributed by atoms with Gasteiger partial charge in [-0.15, -0.1) is 89.0 Å². The third-order valence-corrected chi connectivity index (χ3v) is 13.0. The molecule has 0 aliphatic carbocycles. The number of nitrogens with zero attached hydrogens (tertiary/aromatic N) is 6. The average molecular weight is 1000 g/mol. The Hall–Kier alpha value is -7.18. The summed E-state index contributed by atoms with van der Waals surface area (Å²) in [6, 6.07) is 62.2. The van der Waals surface area contributed by atoms with E-state index < -0.39 is 0 Å². The normalized spacial score (nSPS) is 12.0. The van der Waals surface area contributed by atoms with Crippen molar-refractivity contribution in [2.75, 3.05) is 0 Å². The topological polar surface area (TPSA) is 51.9 Å². The first-order chi connectivity index (χ1) is 31.2. The zero-order valence-corrected chi connectivity index (χ0v) is 37.2. The molecule has 0 saturated carbocycles. The van der Waals surface area contributed by atoms with Crippen LogP contribution in [-0.2, 0) is 58.6 Å². The van der Waals surface area contributed by atoms with Gasteiger partial charge in [0.05, 0.1) is 16.9 Å². The second kappa shape index (κ2) is 15.6. The summed E-state index contributed by atoms with van der Waals surface area (Å²) in [5.41, 5.74) is 13.6. The van der Waals surface area contributed by atoms with Crippen LogP contribution in [0.15, 0.2) is 164 Å². The molecule has 0 N–H and O–H groups in total. The van der Waals surface area contributed by atoms with E-state index in [0.29, 0.717) is 0 Å². The molecule has 0 atom stereocenters. The van der Waals surface area contributed by atoms with Crippen molar-refractivity contribution in [2.24, 2.45) is 0 Å². The number of hydrogen-bond acceptors (Lipinski definition) is 3. The molecule has 6 nitrogen and oxygen atoms in total. The maximum atomic E-state index is 5.24. The third kappa shape index (κ3) is 6.38. The summed E-state index contributed by atoms with van der Waals surface area (Å²) in [7, 11) is 0. The van der Waals surface area contributed by atoms with E-state index in [-0.39, 0.29) is 20.1 Å². The van der Waals surface area contributed by atoms with Crippen molar-refractivity contribution in [3.63, 3.8) is 0 Å². The minimum atomic E-state index is 0. The van der Waals surface area contributed by atoms with Crippen LogP contribution in [0.1, 0.15) is 33.8 Å². The van der Waals surface area contributed by atoms with Crippen LogP contribution in [0.5, 0.6) is 0 Å². The molecular weight excluding hydrogens is 961 g/mol. The third-order valence-electron chi connectivity index (χ3n) is 13.0. The first-order valence-corrected chi connectivity index (χ1v) is 21.9. The number of imidazole rings is 3. The molecule has 0 aliphatic rings. The van der Waals surface area contributed by atoms with Crippen LogP contribution in [0, 0.1) is 18.2 Å². The minimum Gasteiger partial charge on any atom is -0.340 e. The molecule has 306 valence electrons. The molecule has 13 aromatic rings. The van der Waals surface area contributed by atoms with E-state index in [9.17, 15) is 0 Å². The van der Waals surface area contributed by atoms with E-state index in [4.69, 9.17) is 15.0 Å². The summed E-state index contributed by atoms with van der Waals surface area (Å²) in [4.78, 5) is 15.7. The van der Waals surface area contributed by atoms with Gasteiger partial charge in [-0.05, 0) is 89.6 Å². The fourth-order valence-corrected chi connectivity index (χ4v) is 10.1. The number of rotatable bonds is 9. The molecule has 13 rings (SSSR count). The van der Waals surface area contributed by atoms with E-state index in [1.165, 1.54) is 65.6 Å². The molecule has 64 heavy (non-hydrogen) atoms. The number of benzene rings is 7. The van der Waals surface area contributed by atoms with Gasteiger partial charge in [0.25, 0.3) is 0 Å². The Bertz CT molecular complexity index is 3310. The zero-order chi connectivity index (χ0) is 41.4. The number of hydrogen-bond donors (Lipinski definition) is 0. The van der Waals surface area contributed by atoms with E-state index in [2.05, 4.69) is 177 Å². The summed E-state index contributed by atoms with van der Waals surface area (Å²) >= 11 is 0. The Morgan fingerprint density at radius 2 is 0.641 bits per heavy atom. The number of fused-ring (bicyclic) bond motifs is 18. The van der Waals surface area contributed by atoms with Crippen molar-refractivity contribution < 1.29 is 20.1 Å². The van der Waals surface area contributed by atoms with Crippen LogP contribution in [-0.4, -0.2) is 28.2 Å². The summed E-state index contributed by atoms with van der Waals surface area (Å²) in [6.07, 6.45) is 11.8. The van der Waals surface area contributed by atoms with E-state index in [1.807, 2.05) is 18.2 Å². The van der Waals surface area contributed by atoms with Crippen LogP contribution in [0.4, 0.5) is 0 Å². The van der Waals surface area contributed by atoms with Gasteiger partial charge in [-0.25, -0.2) is 0 Å². The molecule has 0 unspecified atom stereocenters. The molecule has 7 aromatic carbocycles. The Morgan fingerprint density at radius 1 is 0.344 bits per heavy atom. The number of aryl methyl sites for hydroxylation is 6. The summed E-state index contributed by atoms with van der Waals surface area (Å²) in [6.45, 7) is 0. The Balaban J connectivity index is 0.00000433. The van der Waals surface area contributed by atoms with E-state index >= 15 is 0 Å². The predicted octanol–water partition coefficient (Wildman–Crippen LogP) is 12.3. The first kappa shape index (κ1) is 38.5. The molecule has 6 heterocycles. The molecule has 0 amide bonds. The summed E-state index contributed by atoms with van der Waals surface area (Å²) < 4.78 is 6.76. The fourth-order valence-electron chi connectivity index (χ4n) is 10.1. The van der Waals surface area contributed by atoms with Crippen molar-refractivity contribution in [2.45, 2.75) is 38.5 Å². The second-order valence-electron chi connectivity index (χ2n) is 16.9. The molecule has 0 spiro atoms. The SMILES string of the molecule is [Ir+3].[c-]1cccc2c1c1nc(CCc3cc(CCc4cn5c6ccccc6c6ccc[c-]c6c5n4)cc(CCc4cn5c6ccccc6c6ccc[c-]c6c5n4)c3)cn1c1ccccc21. The van der Waals surface area contributed by atoms with Crippen LogP contribution in [0.2, 0.25) is 0 Å². The van der Waals surface area contributed by atoms with Gasteiger partial charge < -0.3 is 13.2 Å². The zero-order valence-electron chi connectivity index (χ0n) is 34.8. The van der Waals surface area contributed by atoms with Crippen LogP contribution < -0.4 is 0 Å². The monoisotopic (exact) mass is 1000 g/mol. The average Bonchev–Trinajstić information content (AvgIpc) is 4.11. The quantitative estimate of drug-likeness (QED) is 0.107. The van der Waals surface area contributed by atoms with E-state index in [0.717, 1.165) is 88.7 Å². The minimum absolute atomic E-state index is 0. The standard InChI is InChI=1S/C57H39N6.Ir/c1-4-19-49-43(13-1)46-16-7-10-22-52(46)61-34-40(58-55(49)61)28-25-37-31-38(26-29-41-35-62-53-23-11-8-17-47(53)44-14-2-5-20-50(44)56(62)59-41)33-39(32-37)27-30-42-36-63-54-24-12-9-18-48(54)45-15-3-6-21-51(45)57(63)60-42;/h1-18,22-24,31-36H,25-30H2;/q-3;+3. The maximum absolute atomic E-state index is 5.24. The molecule has 0 aliphatic heterocycles. The van der Waals surface area contributed by atoms with Gasteiger partial charge in [0, 0.05) is 52.2 Å². The van der Waals surface area contributed by atoms with Gasteiger partial charge in [-0.3, -0.25) is 15.0 Å². The summed E-state index contributed by atoms with van der Waals surface area (Å²) in [5, 5.41) is 10.4.